The molecular formula is C17H15BrN2O5. The minimum atomic E-state index is -0.264. The maximum Gasteiger partial charge on any atom is 0.244 e. The van der Waals surface area contributed by atoms with Crippen molar-refractivity contribution in [1.29, 1.82) is 0 Å². The van der Waals surface area contributed by atoms with Crippen LogP contribution in [-0.4, -0.2) is 31.1 Å². The lowest BCUT2D eigenvalue weighted by Gasteiger charge is -2.06. The maximum atomic E-state index is 12.0. The molecular weight excluding hydrogens is 392 g/mol. The molecule has 0 aliphatic carbocycles. The molecule has 1 amide bonds. The lowest BCUT2D eigenvalue weighted by molar-refractivity contribution is -0.120. The van der Waals surface area contributed by atoms with Crippen LogP contribution in [0.1, 0.15) is 11.1 Å². The average molecular weight is 407 g/mol. The second-order valence-corrected chi connectivity index (χ2v) is 6.07. The van der Waals surface area contributed by atoms with Gasteiger partial charge in [-0.25, -0.2) is 5.43 Å². The van der Waals surface area contributed by atoms with E-state index in [1.807, 2.05) is 0 Å². The van der Waals surface area contributed by atoms with Gasteiger partial charge in [-0.15, -0.1) is 0 Å². The number of rotatable bonds is 5. The molecule has 25 heavy (non-hydrogen) atoms. The van der Waals surface area contributed by atoms with Crippen LogP contribution in [0, 0.1) is 0 Å². The number of nitrogens with zero attached hydrogens (tertiary/aromatic N) is 1. The van der Waals surface area contributed by atoms with Crippen molar-refractivity contribution in [3.63, 3.8) is 0 Å². The lowest BCUT2D eigenvalue weighted by atomic mass is 10.1. The molecule has 2 aromatic rings. The summed E-state index contributed by atoms with van der Waals surface area (Å²) in [7, 11) is 1.45. The summed E-state index contributed by atoms with van der Waals surface area (Å²) in [5.74, 6) is 1.36. The highest BCUT2D eigenvalue weighted by Gasteiger charge is 2.14. The first-order valence-corrected chi connectivity index (χ1v) is 8.13. The van der Waals surface area contributed by atoms with Crippen LogP contribution in [0.15, 0.2) is 39.9 Å². The average Bonchev–Trinajstić information content (AvgIpc) is 3.05. The number of hydrazone groups is 1. The summed E-state index contributed by atoms with van der Waals surface area (Å²) in [6.07, 6.45) is 1.63. The molecule has 130 valence electrons. The van der Waals surface area contributed by atoms with Crippen LogP contribution < -0.4 is 19.6 Å². The third-order valence-corrected chi connectivity index (χ3v) is 4.08. The van der Waals surface area contributed by atoms with Crippen LogP contribution in [0.5, 0.6) is 23.0 Å². The normalized spacial score (nSPS) is 12.4. The number of hydrogen-bond acceptors (Lipinski definition) is 6. The Morgan fingerprint density at radius 2 is 2.16 bits per heavy atom. The van der Waals surface area contributed by atoms with Gasteiger partial charge in [0.15, 0.2) is 23.0 Å². The summed E-state index contributed by atoms with van der Waals surface area (Å²) in [6, 6.07) is 8.61. The molecule has 0 fully saturated rings. The Labute approximate surface area is 152 Å². The van der Waals surface area contributed by atoms with Crippen LogP contribution >= 0.6 is 15.9 Å². The summed E-state index contributed by atoms with van der Waals surface area (Å²) in [4.78, 5) is 12.0. The zero-order valence-electron chi connectivity index (χ0n) is 13.3. The quantitative estimate of drug-likeness (QED) is 0.588. The highest BCUT2D eigenvalue weighted by Crippen LogP contribution is 2.34. The minimum absolute atomic E-state index is 0.00601. The van der Waals surface area contributed by atoms with Crippen molar-refractivity contribution in [3.8, 4) is 23.0 Å². The van der Waals surface area contributed by atoms with Crippen molar-refractivity contribution in [1.82, 2.24) is 5.43 Å². The predicted molar refractivity (Wildman–Crippen MR) is 94.4 cm³/mol. The summed E-state index contributed by atoms with van der Waals surface area (Å²) in [6.45, 7) is 0.195. The van der Waals surface area contributed by atoms with Crippen LogP contribution in [0.4, 0.5) is 0 Å². The van der Waals surface area contributed by atoms with Gasteiger partial charge in [0.05, 0.1) is 24.2 Å². The highest BCUT2D eigenvalue weighted by atomic mass is 79.9. The zero-order chi connectivity index (χ0) is 17.8. The van der Waals surface area contributed by atoms with Gasteiger partial charge >= 0.3 is 0 Å². The summed E-state index contributed by atoms with van der Waals surface area (Å²) in [5, 5.41) is 13.7. The fourth-order valence-electron chi connectivity index (χ4n) is 2.28. The molecule has 0 saturated carbocycles. The van der Waals surface area contributed by atoms with Crippen LogP contribution in [0.3, 0.4) is 0 Å². The van der Waals surface area contributed by atoms with Crippen molar-refractivity contribution in [2.24, 2.45) is 5.10 Å². The molecule has 0 saturated heterocycles. The molecule has 3 rings (SSSR count). The molecule has 0 radical (unpaired) electrons. The lowest BCUT2D eigenvalue weighted by Crippen LogP contribution is -2.19. The largest absolute Gasteiger partial charge is 0.503 e. The van der Waals surface area contributed by atoms with Gasteiger partial charge in [0, 0.05) is 0 Å². The van der Waals surface area contributed by atoms with Gasteiger partial charge in [-0.05, 0) is 51.3 Å². The van der Waals surface area contributed by atoms with Crippen LogP contribution in [0.2, 0.25) is 0 Å². The number of carbonyl (C=O) groups is 1. The predicted octanol–water partition coefficient (Wildman–Crippen LogP) is 2.58. The van der Waals surface area contributed by atoms with Gasteiger partial charge < -0.3 is 19.3 Å². The smallest absolute Gasteiger partial charge is 0.244 e. The number of fused-ring (bicyclic) bond motifs is 1. The van der Waals surface area contributed by atoms with Crippen molar-refractivity contribution in [2.75, 3.05) is 13.9 Å². The molecule has 2 aromatic carbocycles. The summed E-state index contributed by atoms with van der Waals surface area (Å²) in [5.41, 5.74) is 3.91. The maximum absolute atomic E-state index is 12.0. The minimum Gasteiger partial charge on any atom is -0.503 e. The Kier molecular flexibility index (Phi) is 5.08. The Morgan fingerprint density at radius 1 is 1.36 bits per heavy atom. The van der Waals surface area contributed by atoms with E-state index < -0.39 is 0 Å². The van der Waals surface area contributed by atoms with Gasteiger partial charge in [0.1, 0.15) is 0 Å². The fourth-order valence-corrected chi connectivity index (χ4v) is 2.74. The molecule has 0 aromatic heterocycles. The summed E-state index contributed by atoms with van der Waals surface area (Å²) < 4.78 is 16.0. The van der Waals surface area contributed by atoms with E-state index in [-0.39, 0.29) is 24.9 Å². The van der Waals surface area contributed by atoms with Crippen LogP contribution in [-0.2, 0) is 11.2 Å². The number of benzene rings is 2. The van der Waals surface area contributed by atoms with Gasteiger partial charge in [0.25, 0.3) is 0 Å². The molecule has 0 bridgehead atoms. The number of carbonyl (C=O) groups excluding carboxylic acids is 1. The molecule has 1 aliphatic heterocycles. The molecule has 0 unspecified atom stereocenters. The number of methoxy groups -OCH3 is 1. The summed E-state index contributed by atoms with van der Waals surface area (Å²) >= 11 is 3.23. The second-order valence-electron chi connectivity index (χ2n) is 5.21. The van der Waals surface area contributed by atoms with E-state index in [0.29, 0.717) is 27.3 Å². The van der Waals surface area contributed by atoms with E-state index in [9.17, 15) is 9.90 Å². The second kappa shape index (κ2) is 7.43. The number of phenolic OH excluding ortho intramolecular Hbond substituents is 1. The van der Waals surface area contributed by atoms with Crippen LogP contribution in [0.25, 0.3) is 0 Å². The van der Waals surface area contributed by atoms with Gasteiger partial charge in [-0.3, -0.25) is 4.79 Å². The fraction of sp³-hybridized carbons (Fsp3) is 0.176. The van der Waals surface area contributed by atoms with E-state index in [2.05, 4.69) is 26.5 Å². The number of hydrogen-bond donors (Lipinski definition) is 2. The van der Waals surface area contributed by atoms with E-state index in [1.54, 1.807) is 30.3 Å². The molecule has 0 spiro atoms. The third-order valence-electron chi connectivity index (χ3n) is 3.48. The first-order chi connectivity index (χ1) is 12.1. The van der Waals surface area contributed by atoms with Crippen molar-refractivity contribution < 1.29 is 24.1 Å². The molecule has 2 N–H and O–H groups in total. The van der Waals surface area contributed by atoms with Crippen molar-refractivity contribution in [3.05, 3.63) is 45.9 Å². The topological polar surface area (TPSA) is 89.4 Å². The number of halogens is 1. The van der Waals surface area contributed by atoms with Gasteiger partial charge in [-0.1, -0.05) is 6.07 Å². The highest BCUT2D eigenvalue weighted by molar-refractivity contribution is 9.10. The number of ether oxygens (including phenoxy) is 3. The van der Waals surface area contributed by atoms with E-state index in [0.717, 1.165) is 5.56 Å². The number of nitrogens with one attached hydrogen (secondary N) is 1. The number of amides is 1. The molecule has 7 nitrogen and oxygen atoms in total. The Balaban J connectivity index is 1.60. The number of aromatic hydroxyl groups is 1. The first-order valence-electron chi connectivity index (χ1n) is 7.34. The van der Waals surface area contributed by atoms with E-state index in [4.69, 9.17) is 14.2 Å². The van der Waals surface area contributed by atoms with Crippen molar-refractivity contribution in [2.45, 2.75) is 6.42 Å². The van der Waals surface area contributed by atoms with Gasteiger partial charge in [-0.2, -0.15) is 5.10 Å². The molecule has 1 aliphatic rings. The van der Waals surface area contributed by atoms with Crippen molar-refractivity contribution >= 4 is 28.1 Å². The Hall–Kier alpha value is -2.74. The SMILES string of the molecule is COc1cc(/C=N\NC(=O)Cc2ccc3c(c2)OCO3)cc(Br)c1O. The van der Waals surface area contributed by atoms with E-state index >= 15 is 0 Å². The Bertz CT molecular complexity index is 838. The third kappa shape index (κ3) is 4.03. The monoisotopic (exact) mass is 406 g/mol. The standard InChI is InChI=1S/C17H15BrN2O5/c1-23-15-6-11(4-12(18)17(15)22)8-19-20-16(21)7-10-2-3-13-14(5-10)25-9-24-13/h2-6,8,22H,7,9H2,1H3,(H,20,21)/b19-8-. The van der Waals surface area contributed by atoms with Gasteiger partial charge in [0.2, 0.25) is 12.7 Å². The molecule has 8 heteroatoms. The molecule has 1 heterocycles. The van der Waals surface area contributed by atoms with E-state index in [1.165, 1.54) is 13.3 Å². The zero-order valence-corrected chi connectivity index (χ0v) is 14.9. The number of phenols is 1. The molecule has 0 atom stereocenters. The Morgan fingerprint density at radius 3 is 2.96 bits per heavy atom. The first kappa shape index (κ1) is 17.1.